The third kappa shape index (κ3) is 1.58. The predicted molar refractivity (Wildman–Crippen MR) is 61.7 cm³/mol. The second-order valence-electron chi connectivity index (χ2n) is 2.87. The summed E-state index contributed by atoms with van der Waals surface area (Å²) in [6, 6.07) is 10.5. The summed E-state index contributed by atoms with van der Waals surface area (Å²) >= 11 is 2.32. The van der Waals surface area contributed by atoms with Gasteiger partial charge < -0.3 is 9.30 Å². The van der Waals surface area contributed by atoms with Gasteiger partial charge in [0.2, 0.25) is 0 Å². The minimum atomic E-state index is 0.617. The molecule has 2 rings (SSSR count). The van der Waals surface area contributed by atoms with Gasteiger partial charge in [-0.15, -0.1) is 0 Å². The van der Waals surface area contributed by atoms with Crippen LogP contribution in [0.2, 0.25) is 0 Å². The molecule has 1 heterocycles. The molecular formula is C10H10INO. The Morgan fingerprint density at radius 1 is 1.38 bits per heavy atom. The smallest absolute Gasteiger partial charge is 0.123 e. The fourth-order valence-corrected chi connectivity index (χ4v) is 2.17. The number of fused-ring (bicyclic) bond motifs is 1. The Morgan fingerprint density at radius 2 is 2.15 bits per heavy atom. The molecule has 0 spiro atoms. The fraction of sp³-hybridized carbons (Fsp3) is 0.200. The van der Waals surface area contributed by atoms with Crippen molar-refractivity contribution in [3.63, 3.8) is 0 Å². The van der Waals surface area contributed by atoms with Crippen LogP contribution in [0.5, 0.6) is 0 Å². The molecule has 2 aromatic rings. The van der Waals surface area contributed by atoms with E-state index in [1.54, 1.807) is 7.11 Å². The zero-order valence-electron chi connectivity index (χ0n) is 7.33. The van der Waals surface area contributed by atoms with E-state index in [1.807, 2.05) is 6.07 Å². The molecule has 0 amide bonds. The molecule has 13 heavy (non-hydrogen) atoms. The summed E-state index contributed by atoms with van der Waals surface area (Å²) in [5.41, 5.74) is 1.23. The molecule has 0 aliphatic heterocycles. The van der Waals surface area contributed by atoms with E-state index in [9.17, 15) is 0 Å². The van der Waals surface area contributed by atoms with Gasteiger partial charge in [0.15, 0.2) is 0 Å². The van der Waals surface area contributed by atoms with Crippen LogP contribution in [0.25, 0.3) is 10.9 Å². The first-order chi connectivity index (χ1) is 6.33. The summed E-state index contributed by atoms with van der Waals surface area (Å²) in [5, 5.41) is 1.27. The number of hydrogen-bond donors (Lipinski definition) is 0. The van der Waals surface area contributed by atoms with Crippen LogP contribution in [0.1, 0.15) is 0 Å². The summed E-state index contributed by atoms with van der Waals surface area (Å²) in [6.45, 7) is 0.617. The SMILES string of the molecule is COCn1c(I)cc2ccccc21. The number of rotatable bonds is 2. The lowest BCUT2D eigenvalue weighted by atomic mass is 10.2. The number of benzene rings is 1. The number of halogens is 1. The summed E-state index contributed by atoms with van der Waals surface area (Å²) in [5.74, 6) is 0. The largest absolute Gasteiger partial charge is 0.364 e. The standard InChI is InChI=1S/C10H10INO/c1-13-7-12-9-5-3-2-4-8(9)6-10(12)11/h2-6H,7H2,1H3. The normalized spacial score (nSPS) is 10.9. The van der Waals surface area contributed by atoms with E-state index < -0.39 is 0 Å². The van der Waals surface area contributed by atoms with Gasteiger partial charge in [0.05, 0.1) is 9.22 Å². The molecule has 0 saturated heterocycles. The topological polar surface area (TPSA) is 14.2 Å². The second kappa shape index (κ2) is 3.67. The Balaban J connectivity index is 2.64. The maximum absolute atomic E-state index is 5.13. The molecule has 0 aliphatic carbocycles. The van der Waals surface area contributed by atoms with Gasteiger partial charge in [-0.25, -0.2) is 0 Å². The monoisotopic (exact) mass is 287 g/mol. The van der Waals surface area contributed by atoms with Crippen LogP contribution in [0, 0.1) is 3.70 Å². The van der Waals surface area contributed by atoms with Crippen molar-refractivity contribution in [3.05, 3.63) is 34.0 Å². The molecule has 0 atom stereocenters. The van der Waals surface area contributed by atoms with Crippen LogP contribution in [-0.4, -0.2) is 11.7 Å². The van der Waals surface area contributed by atoms with Gasteiger partial charge in [0.25, 0.3) is 0 Å². The number of ether oxygens (including phenoxy) is 1. The van der Waals surface area contributed by atoms with E-state index in [4.69, 9.17) is 4.74 Å². The van der Waals surface area contributed by atoms with E-state index in [0.29, 0.717) is 6.73 Å². The third-order valence-corrected chi connectivity index (χ3v) is 2.91. The summed E-state index contributed by atoms with van der Waals surface area (Å²) in [6.07, 6.45) is 0. The van der Waals surface area contributed by atoms with Crippen molar-refractivity contribution >= 4 is 33.5 Å². The zero-order valence-corrected chi connectivity index (χ0v) is 9.48. The van der Waals surface area contributed by atoms with Gasteiger partial charge in [-0.2, -0.15) is 0 Å². The zero-order chi connectivity index (χ0) is 9.26. The Bertz CT molecular complexity index is 422. The van der Waals surface area contributed by atoms with Crippen LogP contribution in [0.15, 0.2) is 30.3 Å². The van der Waals surface area contributed by atoms with Crippen LogP contribution < -0.4 is 0 Å². The fourth-order valence-electron chi connectivity index (χ4n) is 1.44. The van der Waals surface area contributed by atoms with E-state index in [1.165, 1.54) is 14.6 Å². The van der Waals surface area contributed by atoms with Crippen molar-refractivity contribution in [2.45, 2.75) is 6.73 Å². The average Bonchev–Trinajstić information content (AvgIpc) is 2.44. The summed E-state index contributed by atoms with van der Waals surface area (Å²) < 4.78 is 8.49. The van der Waals surface area contributed by atoms with Crippen LogP contribution in [0.4, 0.5) is 0 Å². The first-order valence-corrected chi connectivity index (χ1v) is 5.13. The van der Waals surface area contributed by atoms with E-state index >= 15 is 0 Å². The molecule has 0 bridgehead atoms. The number of hydrogen-bond acceptors (Lipinski definition) is 1. The molecule has 68 valence electrons. The van der Waals surface area contributed by atoms with Crippen LogP contribution in [0.3, 0.4) is 0 Å². The molecule has 0 N–H and O–H groups in total. The van der Waals surface area contributed by atoms with Gasteiger partial charge in [0.1, 0.15) is 6.73 Å². The highest BCUT2D eigenvalue weighted by molar-refractivity contribution is 14.1. The molecule has 1 aromatic heterocycles. The number of methoxy groups -OCH3 is 1. The Hall–Kier alpha value is -0.550. The second-order valence-corrected chi connectivity index (χ2v) is 3.98. The number of aromatic nitrogens is 1. The molecular weight excluding hydrogens is 277 g/mol. The third-order valence-electron chi connectivity index (χ3n) is 2.02. The minimum Gasteiger partial charge on any atom is -0.364 e. The quantitative estimate of drug-likeness (QED) is 0.775. The highest BCUT2D eigenvalue weighted by Crippen LogP contribution is 2.20. The molecule has 0 unspecified atom stereocenters. The Morgan fingerprint density at radius 3 is 2.92 bits per heavy atom. The molecule has 0 saturated carbocycles. The van der Waals surface area contributed by atoms with Crippen LogP contribution >= 0.6 is 22.6 Å². The maximum Gasteiger partial charge on any atom is 0.123 e. The first-order valence-electron chi connectivity index (χ1n) is 4.05. The van der Waals surface area contributed by atoms with Gasteiger partial charge >= 0.3 is 0 Å². The molecule has 0 fully saturated rings. The summed E-state index contributed by atoms with van der Waals surface area (Å²) in [7, 11) is 1.71. The predicted octanol–water partition coefficient (Wildman–Crippen LogP) is 2.85. The number of nitrogens with zero attached hydrogens (tertiary/aromatic N) is 1. The lowest BCUT2D eigenvalue weighted by Crippen LogP contribution is -2.00. The average molecular weight is 287 g/mol. The Labute approximate surface area is 90.6 Å². The van der Waals surface area contributed by atoms with Crippen molar-refractivity contribution in [2.75, 3.05) is 7.11 Å². The molecule has 0 radical (unpaired) electrons. The lowest BCUT2D eigenvalue weighted by Gasteiger charge is -2.04. The van der Waals surface area contributed by atoms with Gasteiger partial charge in [0, 0.05) is 12.5 Å². The van der Waals surface area contributed by atoms with Crippen molar-refractivity contribution in [1.29, 1.82) is 0 Å². The molecule has 3 heteroatoms. The van der Waals surface area contributed by atoms with Gasteiger partial charge in [-0.3, -0.25) is 0 Å². The van der Waals surface area contributed by atoms with Crippen LogP contribution in [-0.2, 0) is 11.5 Å². The van der Waals surface area contributed by atoms with E-state index in [0.717, 1.165) is 0 Å². The minimum absolute atomic E-state index is 0.617. The first kappa shape index (κ1) is 9.02. The Kier molecular flexibility index (Phi) is 2.55. The highest BCUT2D eigenvalue weighted by atomic mass is 127. The van der Waals surface area contributed by atoms with E-state index in [-0.39, 0.29) is 0 Å². The molecule has 1 aromatic carbocycles. The van der Waals surface area contributed by atoms with Gasteiger partial charge in [-0.1, -0.05) is 18.2 Å². The van der Waals surface area contributed by atoms with E-state index in [2.05, 4.69) is 51.4 Å². The highest BCUT2D eigenvalue weighted by Gasteiger charge is 2.04. The lowest BCUT2D eigenvalue weighted by molar-refractivity contribution is 0.133. The van der Waals surface area contributed by atoms with Gasteiger partial charge in [-0.05, 0) is 34.7 Å². The van der Waals surface area contributed by atoms with Crippen molar-refractivity contribution in [1.82, 2.24) is 4.57 Å². The van der Waals surface area contributed by atoms with Crippen molar-refractivity contribution in [3.8, 4) is 0 Å². The summed E-state index contributed by atoms with van der Waals surface area (Å²) in [4.78, 5) is 0. The number of para-hydroxylation sites is 1. The van der Waals surface area contributed by atoms with Crippen molar-refractivity contribution in [2.24, 2.45) is 0 Å². The maximum atomic E-state index is 5.13. The molecule has 2 nitrogen and oxygen atoms in total. The van der Waals surface area contributed by atoms with Crippen molar-refractivity contribution < 1.29 is 4.74 Å². The molecule has 0 aliphatic rings.